The van der Waals surface area contributed by atoms with Crippen molar-refractivity contribution in [2.75, 3.05) is 12.3 Å². The minimum Gasteiger partial charge on any atom is -0.313 e. The molecule has 0 aliphatic heterocycles. The molecule has 1 aliphatic rings. The summed E-state index contributed by atoms with van der Waals surface area (Å²) in [6, 6.07) is 7.37. The molecule has 0 aromatic heterocycles. The van der Waals surface area contributed by atoms with Gasteiger partial charge in [0.15, 0.2) is 0 Å². The van der Waals surface area contributed by atoms with Crippen molar-refractivity contribution in [3.8, 4) is 0 Å². The van der Waals surface area contributed by atoms with Crippen molar-refractivity contribution in [3.05, 3.63) is 30.1 Å². The Bertz CT molecular complexity index is 321. The Morgan fingerprint density at radius 3 is 2.69 bits per heavy atom. The predicted molar refractivity (Wildman–Crippen MR) is 67.3 cm³/mol. The lowest BCUT2D eigenvalue weighted by Crippen LogP contribution is -2.29. The van der Waals surface area contributed by atoms with Gasteiger partial charge in [0, 0.05) is 23.2 Å². The second-order valence-corrected chi connectivity index (χ2v) is 5.55. The van der Waals surface area contributed by atoms with Crippen LogP contribution in [0.25, 0.3) is 0 Å². The lowest BCUT2D eigenvalue weighted by Gasteiger charge is -2.11. The number of nitrogens with one attached hydrogen (secondary N) is 1. The van der Waals surface area contributed by atoms with Gasteiger partial charge in [-0.2, -0.15) is 0 Å². The van der Waals surface area contributed by atoms with Crippen LogP contribution in [0, 0.1) is 11.7 Å². The van der Waals surface area contributed by atoms with E-state index in [1.54, 1.807) is 11.8 Å². The number of hydrogen-bond acceptors (Lipinski definition) is 2. The van der Waals surface area contributed by atoms with Gasteiger partial charge in [-0.3, -0.25) is 0 Å². The summed E-state index contributed by atoms with van der Waals surface area (Å²) in [6.07, 6.45) is 2.78. The van der Waals surface area contributed by atoms with E-state index in [4.69, 9.17) is 0 Å². The molecule has 0 saturated heterocycles. The Kier molecular flexibility index (Phi) is 4.24. The molecule has 0 spiro atoms. The van der Waals surface area contributed by atoms with Crippen molar-refractivity contribution in [3.63, 3.8) is 0 Å². The van der Waals surface area contributed by atoms with Crippen molar-refractivity contribution in [2.45, 2.75) is 30.7 Å². The molecule has 2 rings (SSSR count). The zero-order valence-electron chi connectivity index (χ0n) is 9.58. The lowest BCUT2D eigenvalue weighted by molar-refractivity contribution is 0.514. The van der Waals surface area contributed by atoms with Crippen LogP contribution in [-0.2, 0) is 0 Å². The van der Waals surface area contributed by atoms with Gasteiger partial charge in [0.1, 0.15) is 5.82 Å². The van der Waals surface area contributed by atoms with Gasteiger partial charge in [-0.15, -0.1) is 11.8 Å². The normalized spacial score (nSPS) is 17.4. The quantitative estimate of drug-likeness (QED) is 0.604. The van der Waals surface area contributed by atoms with Crippen LogP contribution in [0.15, 0.2) is 29.2 Å². The van der Waals surface area contributed by atoms with E-state index in [1.165, 1.54) is 25.0 Å². The van der Waals surface area contributed by atoms with E-state index in [0.29, 0.717) is 6.04 Å². The molecule has 1 saturated carbocycles. The Morgan fingerprint density at radius 1 is 1.38 bits per heavy atom. The second-order valence-electron chi connectivity index (χ2n) is 4.38. The maximum atomic E-state index is 12.7. The fourth-order valence-electron chi connectivity index (χ4n) is 1.75. The minimum atomic E-state index is -0.162. The molecule has 0 radical (unpaired) electrons. The number of hydrogen-bond donors (Lipinski definition) is 1. The summed E-state index contributed by atoms with van der Waals surface area (Å²) < 4.78 is 12.7. The van der Waals surface area contributed by atoms with Crippen molar-refractivity contribution in [1.82, 2.24) is 5.32 Å². The summed E-state index contributed by atoms with van der Waals surface area (Å²) in [4.78, 5) is 1.14. The first-order chi connectivity index (χ1) is 7.75. The van der Waals surface area contributed by atoms with E-state index in [-0.39, 0.29) is 5.82 Å². The smallest absolute Gasteiger partial charge is 0.123 e. The molecule has 1 N–H and O–H groups in total. The van der Waals surface area contributed by atoms with E-state index in [9.17, 15) is 4.39 Å². The SMILES string of the molecule is CC(NCCSc1ccc(F)cc1)C1CC1. The maximum Gasteiger partial charge on any atom is 0.123 e. The van der Waals surface area contributed by atoms with Crippen LogP contribution in [0.1, 0.15) is 19.8 Å². The van der Waals surface area contributed by atoms with E-state index in [2.05, 4.69) is 12.2 Å². The zero-order chi connectivity index (χ0) is 11.4. The largest absolute Gasteiger partial charge is 0.313 e. The third-order valence-electron chi connectivity index (χ3n) is 2.98. The van der Waals surface area contributed by atoms with Gasteiger partial charge in [-0.1, -0.05) is 0 Å². The number of rotatable bonds is 6. The first kappa shape index (κ1) is 11.9. The molecule has 1 aromatic carbocycles. The molecule has 0 heterocycles. The fraction of sp³-hybridized carbons (Fsp3) is 0.538. The van der Waals surface area contributed by atoms with Crippen LogP contribution in [0.4, 0.5) is 4.39 Å². The summed E-state index contributed by atoms with van der Waals surface area (Å²) >= 11 is 1.77. The highest BCUT2D eigenvalue weighted by atomic mass is 32.2. The third kappa shape index (κ3) is 3.80. The number of thioether (sulfide) groups is 1. The van der Waals surface area contributed by atoms with Crippen LogP contribution < -0.4 is 5.32 Å². The monoisotopic (exact) mass is 239 g/mol. The summed E-state index contributed by atoms with van der Waals surface area (Å²) in [5, 5.41) is 3.53. The van der Waals surface area contributed by atoms with E-state index < -0.39 is 0 Å². The highest BCUT2D eigenvalue weighted by molar-refractivity contribution is 7.99. The second kappa shape index (κ2) is 5.69. The van der Waals surface area contributed by atoms with E-state index in [0.717, 1.165) is 23.1 Å². The Morgan fingerprint density at radius 2 is 2.06 bits per heavy atom. The molecule has 1 aliphatic carbocycles. The molecule has 1 unspecified atom stereocenters. The molecule has 88 valence electrons. The summed E-state index contributed by atoms with van der Waals surface area (Å²) in [7, 11) is 0. The highest BCUT2D eigenvalue weighted by Gasteiger charge is 2.26. The number of halogens is 1. The van der Waals surface area contributed by atoms with Gasteiger partial charge in [0.2, 0.25) is 0 Å². The zero-order valence-corrected chi connectivity index (χ0v) is 10.4. The van der Waals surface area contributed by atoms with Crippen LogP contribution in [0.3, 0.4) is 0 Å². The maximum absolute atomic E-state index is 12.7. The molecule has 0 bridgehead atoms. The summed E-state index contributed by atoms with van der Waals surface area (Å²) in [5.74, 6) is 1.79. The standard InChI is InChI=1S/C13H18FNS/c1-10(11-2-3-11)15-8-9-16-13-6-4-12(14)5-7-13/h4-7,10-11,15H,2-3,8-9H2,1H3. The van der Waals surface area contributed by atoms with Gasteiger partial charge in [0.25, 0.3) is 0 Å². The third-order valence-corrected chi connectivity index (χ3v) is 3.99. The van der Waals surface area contributed by atoms with Gasteiger partial charge < -0.3 is 5.32 Å². The summed E-state index contributed by atoms with van der Waals surface area (Å²) in [5.41, 5.74) is 0. The molecule has 16 heavy (non-hydrogen) atoms. The molecule has 0 amide bonds. The highest BCUT2D eigenvalue weighted by Crippen LogP contribution is 2.32. The molecule has 1 fully saturated rings. The molecule has 3 heteroatoms. The van der Waals surface area contributed by atoms with Crippen molar-refractivity contribution >= 4 is 11.8 Å². The minimum absolute atomic E-state index is 0.162. The average Bonchev–Trinajstić information content (AvgIpc) is 3.10. The van der Waals surface area contributed by atoms with Crippen LogP contribution in [0.2, 0.25) is 0 Å². The molecular weight excluding hydrogens is 221 g/mol. The van der Waals surface area contributed by atoms with Crippen molar-refractivity contribution in [2.24, 2.45) is 5.92 Å². The first-order valence-electron chi connectivity index (χ1n) is 5.87. The van der Waals surface area contributed by atoms with Gasteiger partial charge in [-0.05, 0) is 49.9 Å². The van der Waals surface area contributed by atoms with Crippen molar-refractivity contribution < 1.29 is 4.39 Å². The van der Waals surface area contributed by atoms with E-state index >= 15 is 0 Å². The van der Waals surface area contributed by atoms with Crippen LogP contribution >= 0.6 is 11.8 Å². The van der Waals surface area contributed by atoms with Gasteiger partial charge in [0.05, 0.1) is 0 Å². The molecule has 1 nitrogen and oxygen atoms in total. The van der Waals surface area contributed by atoms with Crippen molar-refractivity contribution in [1.29, 1.82) is 0 Å². The first-order valence-corrected chi connectivity index (χ1v) is 6.86. The molecule has 1 aromatic rings. The van der Waals surface area contributed by atoms with Gasteiger partial charge in [-0.25, -0.2) is 4.39 Å². The predicted octanol–water partition coefficient (Wildman–Crippen LogP) is 3.31. The number of benzene rings is 1. The Labute approximate surface area is 101 Å². The lowest BCUT2D eigenvalue weighted by atomic mass is 10.2. The Hall–Kier alpha value is -0.540. The Balaban J connectivity index is 1.62. The van der Waals surface area contributed by atoms with E-state index in [1.807, 2.05) is 12.1 Å². The average molecular weight is 239 g/mol. The summed E-state index contributed by atoms with van der Waals surface area (Å²) in [6.45, 7) is 3.29. The molecular formula is C13H18FNS. The van der Waals surface area contributed by atoms with Gasteiger partial charge >= 0.3 is 0 Å². The van der Waals surface area contributed by atoms with Crippen LogP contribution in [-0.4, -0.2) is 18.3 Å². The molecule has 1 atom stereocenters. The topological polar surface area (TPSA) is 12.0 Å². The fourth-order valence-corrected chi connectivity index (χ4v) is 2.53. The van der Waals surface area contributed by atoms with Crippen LogP contribution in [0.5, 0.6) is 0 Å².